The summed E-state index contributed by atoms with van der Waals surface area (Å²) in [4.78, 5) is 13.7. The molecule has 0 saturated carbocycles. The first-order chi connectivity index (χ1) is 15.1. The van der Waals surface area contributed by atoms with Crippen molar-refractivity contribution >= 4 is 34.7 Å². The molecule has 2 aromatic carbocycles. The number of methoxy groups -OCH3 is 1. The zero-order valence-corrected chi connectivity index (χ0v) is 18.6. The maximum atomic E-state index is 6.54. The molecule has 160 valence electrons. The lowest BCUT2D eigenvalue weighted by Crippen LogP contribution is -2.26. The number of nitrogens with zero attached hydrogens (tertiary/aromatic N) is 4. The molecule has 1 aromatic heterocycles. The minimum atomic E-state index is 0.505. The quantitative estimate of drug-likeness (QED) is 0.625. The van der Waals surface area contributed by atoms with Gasteiger partial charge in [-0.3, -0.25) is 0 Å². The number of halogens is 1. The Kier molecular flexibility index (Phi) is 5.42. The maximum absolute atomic E-state index is 6.54. The van der Waals surface area contributed by atoms with Gasteiger partial charge < -0.3 is 19.9 Å². The first kappa shape index (κ1) is 20.1. The van der Waals surface area contributed by atoms with Gasteiger partial charge in [-0.1, -0.05) is 29.8 Å². The number of fused-ring (bicyclic) bond motifs is 2. The normalized spacial score (nSPS) is 15.9. The van der Waals surface area contributed by atoms with Crippen LogP contribution >= 0.6 is 11.6 Å². The number of hydrogen-bond acceptors (Lipinski definition) is 6. The van der Waals surface area contributed by atoms with E-state index in [1.165, 1.54) is 16.7 Å². The van der Waals surface area contributed by atoms with Crippen LogP contribution in [0.15, 0.2) is 42.6 Å². The van der Waals surface area contributed by atoms with E-state index in [1.807, 2.05) is 0 Å². The van der Waals surface area contributed by atoms with E-state index in [9.17, 15) is 0 Å². The molecule has 2 aliphatic heterocycles. The average molecular weight is 436 g/mol. The highest BCUT2D eigenvalue weighted by molar-refractivity contribution is 6.33. The minimum Gasteiger partial charge on any atom is -0.495 e. The zero-order valence-electron chi connectivity index (χ0n) is 17.9. The third-order valence-electron chi connectivity index (χ3n) is 6.06. The fourth-order valence-electron chi connectivity index (χ4n) is 4.48. The summed E-state index contributed by atoms with van der Waals surface area (Å²) in [6.45, 7) is 2.86. The van der Waals surface area contributed by atoms with E-state index in [0.29, 0.717) is 11.0 Å². The molecule has 31 heavy (non-hydrogen) atoms. The number of ether oxygens (including phenoxy) is 1. The van der Waals surface area contributed by atoms with Gasteiger partial charge in [0.05, 0.1) is 19.0 Å². The van der Waals surface area contributed by atoms with E-state index in [0.717, 1.165) is 61.8 Å². The summed E-state index contributed by atoms with van der Waals surface area (Å²) in [7, 11) is 3.84. The van der Waals surface area contributed by atoms with Gasteiger partial charge in [0, 0.05) is 25.3 Å². The molecule has 0 saturated heterocycles. The van der Waals surface area contributed by atoms with E-state index in [4.69, 9.17) is 21.3 Å². The fourth-order valence-corrected chi connectivity index (χ4v) is 4.67. The third-order valence-corrected chi connectivity index (χ3v) is 6.33. The Balaban J connectivity index is 1.49. The highest BCUT2D eigenvalue weighted by atomic mass is 35.5. The van der Waals surface area contributed by atoms with Gasteiger partial charge in [0.15, 0.2) is 5.82 Å². The first-order valence-corrected chi connectivity index (χ1v) is 11.0. The predicted molar refractivity (Wildman–Crippen MR) is 125 cm³/mol. The van der Waals surface area contributed by atoms with Crippen LogP contribution in [0.25, 0.3) is 0 Å². The zero-order chi connectivity index (χ0) is 21.4. The number of anilines is 4. The first-order valence-electron chi connectivity index (χ1n) is 10.7. The maximum Gasteiger partial charge on any atom is 0.229 e. The number of para-hydroxylation sites is 1. The van der Waals surface area contributed by atoms with Crippen molar-refractivity contribution in [2.75, 3.05) is 37.5 Å². The molecule has 0 spiro atoms. The van der Waals surface area contributed by atoms with E-state index >= 15 is 0 Å². The standard InChI is InChI=1S/C24H26ClN5O/c1-29-11-9-17-13-22(31-2)20(12-18(17)15-29)27-24-26-14-19(25)23(28-24)30-10-5-7-16-6-3-4-8-21(16)30/h3-4,6,8,12-14H,5,7,9-11,15H2,1-2H3,(H,26,27,28). The summed E-state index contributed by atoms with van der Waals surface area (Å²) < 4.78 is 5.66. The molecule has 2 aliphatic rings. The monoisotopic (exact) mass is 435 g/mol. The van der Waals surface area contributed by atoms with Crippen LogP contribution in [0.5, 0.6) is 5.75 Å². The van der Waals surface area contributed by atoms with Crippen molar-refractivity contribution in [1.82, 2.24) is 14.9 Å². The Hall–Kier alpha value is -2.83. The molecule has 0 radical (unpaired) electrons. The number of aryl methyl sites for hydroxylation is 1. The summed E-state index contributed by atoms with van der Waals surface area (Å²) in [5, 5.41) is 3.91. The summed E-state index contributed by atoms with van der Waals surface area (Å²) in [5.74, 6) is 2.03. The van der Waals surface area contributed by atoms with Gasteiger partial charge in [-0.05, 0) is 61.2 Å². The largest absolute Gasteiger partial charge is 0.495 e. The highest BCUT2D eigenvalue weighted by Gasteiger charge is 2.22. The lowest BCUT2D eigenvalue weighted by molar-refractivity contribution is 0.312. The molecule has 3 aromatic rings. The van der Waals surface area contributed by atoms with Crippen molar-refractivity contribution in [3.05, 3.63) is 64.3 Å². The number of aromatic nitrogens is 2. The van der Waals surface area contributed by atoms with Crippen molar-refractivity contribution < 1.29 is 4.74 Å². The van der Waals surface area contributed by atoms with Gasteiger partial charge in [0.2, 0.25) is 5.95 Å². The Morgan fingerprint density at radius 3 is 2.81 bits per heavy atom. The Morgan fingerprint density at radius 2 is 1.94 bits per heavy atom. The molecule has 0 aliphatic carbocycles. The van der Waals surface area contributed by atoms with Crippen molar-refractivity contribution in [3.63, 3.8) is 0 Å². The summed E-state index contributed by atoms with van der Waals surface area (Å²) in [6, 6.07) is 12.7. The molecule has 0 bridgehead atoms. The van der Waals surface area contributed by atoms with Crippen LogP contribution in [-0.2, 0) is 19.4 Å². The van der Waals surface area contributed by atoms with Crippen LogP contribution in [0.1, 0.15) is 23.1 Å². The van der Waals surface area contributed by atoms with Crippen LogP contribution in [-0.4, -0.2) is 42.1 Å². The molecule has 3 heterocycles. The Morgan fingerprint density at radius 1 is 1.06 bits per heavy atom. The van der Waals surface area contributed by atoms with Crippen molar-refractivity contribution in [1.29, 1.82) is 0 Å². The molecule has 0 fully saturated rings. The van der Waals surface area contributed by atoms with Crippen LogP contribution < -0.4 is 15.0 Å². The second-order valence-electron chi connectivity index (χ2n) is 8.18. The lowest BCUT2D eigenvalue weighted by atomic mass is 9.99. The molecular weight excluding hydrogens is 410 g/mol. The molecule has 0 atom stereocenters. The summed E-state index contributed by atoms with van der Waals surface area (Å²) in [6.07, 6.45) is 4.83. The van der Waals surface area contributed by atoms with Gasteiger partial charge >= 0.3 is 0 Å². The smallest absolute Gasteiger partial charge is 0.229 e. The Bertz CT molecular complexity index is 1120. The summed E-state index contributed by atoms with van der Waals surface area (Å²) in [5.41, 5.74) is 5.98. The average Bonchev–Trinajstić information content (AvgIpc) is 2.79. The topological polar surface area (TPSA) is 53.5 Å². The van der Waals surface area contributed by atoms with E-state index in [-0.39, 0.29) is 0 Å². The third kappa shape index (κ3) is 3.93. The van der Waals surface area contributed by atoms with Gasteiger partial charge in [0.1, 0.15) is 10.8 Å². The van der Waals surface area contributed by atoms with Crippen molar-refractivity contribution in [2.24, 2.45) is 0 Å². The van der Waals surface area contributed by atoms with E-state index < -0.39 is 0 Å². The van der Waals surface area contributed by atoms with Gasteiger partial charge in [-0.15, -0.1) is 0 Å². The SMILES string of the molecule is COc1cc2c(cc1Nc1ncc(Cl)c(N3CCCc4ccccc43)n1)CN(C)CC2. The number of hydrogen-bond donors (Lipinski definition) is 1. The van der Waals surface area contributed by atoms with Crippen LogP contribution in [0.3, 0.4) is 0 Å². The lowest BCUT2D eigenvalue weighted by Gasteiger charge is -2.31. The molecule has 1 N–H and O–H groups in total. The van der Waals surface area contributed by atoms with Gasteiger partial charge in [0.25, 0.3) is 0 Å². The predicted octanol–water partition coefficient (Wildman–Crippen LogP) is 4.95. The molecule has 0 amide bonds. The van der Waals surface area contributed by atoms with Crippen LogP contribution in [0.2, 0.25) is 5.02 Å². The minimum absolute atomic E-state index is 0.505. The van der Waals surface area contributed by atoms with Crippen LogP contribution in [0.4, 0.5) is 23.1 Å². The van der Waals surface area contributed by atoms with Gasteiger partial charge in [-0.2, -0.15) is 4.98 Å². The second kappa shape index (κ2) is 8.36. The van der Waals surface area contributed by atoms with Gasteiger partial charge in [-0.25, -0.2) is 4.98 Å². The number of rotatable bonds is 4. The molecule has 6 nitrogen and oxygen atoms in total. The molecule has 7 heteroatoms. The second-order valence-corrected chi connectivity index (χ2v) is 8.59. The molecule has 0 unspecified atom stereocenters. The van der Waals surface area contributed by atoms with Crippen molar-refractivity contribution in [2.45, 2.75) is 25.8 Å². The highest BCUT2D eigenvalue weighted by Crippen LogP contribution is 2.37. The van der Waals surface area contributed by atoms with E-state index in [2.05, 4.69) is 63.5 Å². The number of likely N-dealkylation sites (N-methyl/N-ethyl adjacent to an activating group) is 1. The van der Waals surface area contributed by atoms with E-state index in [1.54, 1.807) is 13.3 Å². The number of benzene rings is 2. The molecule has 5 rings (SSSR count). The van der Waals surface area contributed by atoms with Crippen LogP contribution in [0, 0.1) is 0 Å². The van der Waals surface area contributed by atoms with Crippen molar-refractivity contribution in [3.8, 4) is 5.75 Å². The Labute approximate surface area is 187 Å². The fraction of sp³-hybridized carbons (Fsp3) is 0.333. The summed E-state index contributed by atoms with van der Waals surface area (Å²) >= 11 is 6.54. The number of nitrogens with one attached hydrogen (secondary N) is 1. The molecular formula is C24H26ClN5O.